The molecule has 0 amide bonds. The molecule has 0 aliphatic carbocycles. The Balaban J connectivity index is 0.000000127. The topological polar surface area (TPSA) is 103 Å². The van der Waals surface area contributed by atoms with Gasteiger partial charge in [0.2, 0.25) is 0 Å². The highest BCUT2D eigenvalue weighted by Crippen LogP contribution is 2.36. The van der Waals surface area contributed by atoms with Gasteiger partial charge in [0, 0.05) is 33.4 Å². The van der Waals surface area contributed by atoms with Crippen LogP contribution in [0, 0.1) is 20.8 Å². The molecule has 0 saturated heterocycles. The summed E-state index contributed by atoms with van der Waals surface area (Å²) in [5.74, 6) is 4.87. The number of rotatable bonds is 13. The number of nitrogens with zero attached hydrogens (tertiary/aromatic N) is 8. The van der Waals surface area contributed by atoms with Crippen LogP contribution in [0.3, 0.4) is 0 Å². The highest BCUT2D eigenvalue weighted by molar-refractivity contribution is 5.82. The molecule has 16 aromatic rings. The standard InChI is InChI=1S/C34H25N3.C29H22N2.C28H21N3/c1-24-35-33(29-19-11-18-28(20-29)25-12-5-2-6-13-25)37-34(36-24)32-22-30(26-14-7-3-8-15-26)21-31(23-32)27-16-9-4-10-17-27;1-21-30-28(26-16-8-14-24(18-26)22-10-4-2-5-11-22)20-29(31-21)27-17-9-15-25(19-27)23-12-6-3-7-13-23;1-20-29-27(25-16-8-14-23(18-25)21-10-4-2-5-11-21)31-28(30-20)26-17-9-15-24(19-26)22-12-6-3-7-13-22/h2-23H,1H3;2-20H,1H3;2-19H,1H3. The van der Waals surface area contributed by atoms with Crippen LogP contribution >= 0.6 is 0 Å². The van der Waals surface area contributed by atoms with Gasteiger partial charge in [-0.1, -0.05) is 303 Å². The maximum atomic E-state index is 4.96. The molecule has 0 radical (unpaired) electrons. The second kappa shape index (κ2) is 30.1. The Morgan fingerprint density at radius 3 is 0.586 bits per heavy atom. The van der Waals surface area contributed by atoms with Crippen LogP contribution in [0.2, 0.25) is 0 Å². The zero-order chi connectivity index (χ0) is 67.1. The molecule has 0 N–H and O–H groups in total. The summed E-state index contributed by atoms with van der Waals surface area (Å²) in [4.78, 5) is 38.0. The summed E-state index contributed by atoms with van der Waals surface area (Å²) in [6.45, 7) is 5.79. The first kappa shape index (κ1) is 63.4. The van der Waals surface area contributed by atoms with E-state index in [1.807, 2.05) is 112 Å². The van der Waals surface area contributed by atoms with E-state index in [1.54, 1.807) is 0 Å². The molecule has 0 aliphatic rings. The molecule has 0 bridgehead atoms. The summed E-state index contributed by atoms with van der Waals surface area (Å²) in [7, 11) is 0. The molecule has 0 saturated carbocycles. The summed E-state index contributed by atoms with van der Waals surface area (Å²) in [5, 5.41) is 0. The van der Waals surface area contributed by atoms with Crippen molar-refractivity contribution in [3.05, 3.63) is 375 Å². The van der Waals surface area contributed by atoms with Gasteiger partial charge in [-0.2, -0.15) is 0 Å². The van der Waals surface area contributed by atoms with Crippen molar-refractivity contribution in [2.45, 2.75) is 20.8 Å². The quantitative estimate of drug-likeness (QED) is 0.112. The van der Waals surface area contributed by atoms with Crippen LogP contribution in [0.15, 0.2) is 358 Å². The predicted octanol–water partition coefficient (Wildman–Crippen LogP) is 22.8. The van der Waals surface area contributed by atoms with Gasteiger partial charge >= 0.3 is 0 Å². The van der Waals surface area contributed by atoms with Crippen LogP contribution in [0.1, 0.15) is 17.5 Å². The minimum atomic E-state index is 0.669. The number of hydrogen-bond acceptors (Lipinski definition) is 8. The highest BCUT2D eigenvalue weighted by Gasteiger charge is 2.16. The lowest BCUT2D eigenvalue weighted by Gasteiger charge is -2.12. The van der Waals surface area contributed by atoms with E-state index in [0.29, 0.717) is 34.9 Å². The van der Waals surface area contributed by atoms with Crippen LogP contribution in [0.5, 0.6) is 0 Å². The molecule has 16 rings (SSSR count). The van der Waals surface area contributed by atoms with Gasteiger partial charge in [-0.05, 0) is 153 Å². The lowest BCUT2D eigenvalue weighted by Crippen LogP contribution is -2.00. The van der Waals surface area contributed by atoms with Gasteiger partial charge < -0.3 is 0 Å². The number of aromatic nitrogens is 8. The Morgan fingerprint density at radius 1 is 0.131 bits per heavy atom. The summed E-state index contributed by atoms with van der Waals surface area (Å²) in [6, 6.07) is 124. The summed E-state index contributed by atoms with van der Waals surface area (Å²) < 4.78 is 0. The van der Waals surface area contributed by atoms with Gasteiger partial charge in [0.1, 0.15) is 17.5 Å². The molecule has 0 fully saturated rings. The molecule has 0 unspecified atom stereocenters. The van der Waals surface area contributed by atoms with E-state index in [-0.39, 0.29) is 0 Å². The third-order valence-electron chi connectivity index (χ3n) is 17.0. The molecule has 99 heavy (non-hydrogen) atoms. The van der Waals surface area contributed by atoms with E-state index in [0.717, 1.165) is 89.5 Å². The van der Waals surface area contributed by atoms with Crippen molar-refractivity contribution >= 4 is 0 Å². The lowest BCUT2D eigenvalue weighted by molar-refractivity contribution is 0.991. The summed E-state index contributed by atoms with van der Waals surface area (Å²) in [5.41, 5.74) is 24.2. The third-order valence-corrected chi connectivity index (χ3v) is 17.0. The lowest BCUT2D eigenvalue weighted by atomic mass is 9.96. The normalized spacial score (nSPS) is 10.8. The van der Waals surface area contributed by atoms with E-state index in [1.165, 1.54) is 38.9 Å². The van der Waals surface area contributed by atoms with E-state index in [4.69, 9.17) is 29.9 Å². The monoisotopic (exact) mass is 1270 g/mol. The molecule has 13 aromatic carbocycles. The van der Waals surface area contributed by atoms with Gasteiger partial charge in [0.05, 0.1) is 11.4 Å². The van der Waals surface area contributed by atoms with Crippen molar-refractivity contribution in [3.63, 3.8) is 0 Å². The Morgan fingerprint density at radius 2 is 0.313 bits per heavy atom. The maximum absolute atomic E-state index is 4.96. The molecular weight excluding hydrogens is 1210 g/mol. The number of aryl methyl sites for hydroxylation is 3. The summed E-state index contributed by atoms with van der Waals surface area (Å²) >= 11 is 0. The van der Waals surface area contributed by atoms with Crippen LogP contribution in [-0.4, -0.2) is 39.9 Å². The Bertz CT molecular complexity index is 4910. The van der Waals surface area contributed by atoms with Gasteiger partial charge in [-0.15, -0.1) is 0 Å². The predicted molar refractivity (Wildman–Crippen MR) is 407 cm³/mol. The van der Waals surface area contributed by atoms with Crippen molar-refractivity contribution < 1.29 is 0 Å². The van der Waals surface area contributed by atoms with Gasteiger partial charge in [-0.25, -0.2) is 39.9 Å². The van der Waals surface area contributed by atoms with Crippen molar-refractivity contribution in [3.8, 4) is 146 Å². The van der Waals surface area contributed by atoms with Crippen molar-refractivity contribution in [2.75, 3.05) is 0 Å². The molecular formula is C91H68N8. The average molecular weight is 1270 g/mol. The first-order valence-electron chi connectivity index (χ1n) is 33.1. The SMILES string of the molecule is Cc1nc(-c2cccc(-c3ccccc3)c2)cc(-c2cccc(-c3ccccc3)c2)n1.Cc1nc(-c2cccc(-c3ccccc3)c2)nc(-c2cc(-c3ccccc3)cc(-c3ccccc3)c2)n1.Cc1nc(-c2cccc(-c3ccccc3)c2)nc(-c2cccc(-c3ccccc3)c2)n1. The second-order valence-electron chi connectivity index (χ2n) is 24.0. The van der Waals surface area contributed by atoms with Crippen LogP contribution in [-0.2, 0) is 0 Å². The Hall–Kier alpha value is -13.0. The van der Waals surface area contributed by atoms with Crippen molar-refractivity contribution in [2.24, 2.45) is 0 Å². The number of hydrogen-bond donors (Lipinski definition) is 0. The molecule has 8 nitrogen and oxygen atoms in total. The van der Waals surface area contributed by atoms with Crippen LogP contribution < -0.4 is 0 Å². The van der Waals surface area contributed by atoms with E-state index >= 15 is 0 Å². The van der Waals surface area contributed by atoms with E-state index in [9.17, 15) is 0 Å². The average Bonchev–Trinajstić information content (AvgIpc) is 0.810. The van der Waals surface area contributed by atoms with Gasteiger partial charge in [0.25, 0.3) is 0 Å². The van der Waals surface area contributed by atoms with Crippen molar-refractivity contribution in [1.29, 1.82) is 0 Å². The fourth-order valence-electron chi connectivity index (χ4n) is 12.1. The van der Waals surface area contributed by atoms with Crippen LogP contribution in [0.25, 0.3) is 146 Å². The molecule has 0 spiro atoms. The molecule has 3 heterocycles. The molecule has 0 aliphatic heterocycles. The molecule has 3 aromatic heterocycles. The third kappa shape index (κ3) is 15.7. The molecule has 0 atom stereocenters. The molecule has 8 heteroatoms. The zero-order valence-electron chi connectivity index (χ0n) is 55.1. The van der Waals surface area contributed by atoms with Crippen LogP contribution in [0.4, 0.5) is 0 Å². The smallest absolute Gasteiger partial charge is 0.163 e. The second-order valence-corrected chi connectivity index (χ2v) is 24.0. The first-order valence-corrected chi connectivity index (χ1v) is 33.1. The van der Waals surface area contributed by atoms with Gasteiger partial charge in [0.15, 0.2) is 23.3 Å². The first-order chi connectivity index (χ1) is 48.7. The number of benzene rings is 13. The maximum Gasteiger partial charge on any atom is 0.163 e. The highest BCUT2D eigenvalue weighted by atomic mass is 15.0. The largest absolute Gasteiger partial charge is 0.233 e. The minimum Gasteiger partial charge on any atom is -0.233 e. The fraction of sp³-hybridized carbons (Fsp3) is 0.0330. The molecule has 472 valence electrons. The van der Waals surface area contributed by atoms with Gasteiger partial charge in [-0.3, -0.25) is 0 Å². The van der Waals surface area contributed by atoms with E-state index in [2.05, 4.69) is 277 Å². The zero-order valence-corrected chi connectivity index (χ0v) is 55.1. The summed E-state index contributed by atoms with van der Waals surface area (Å²) in [6.07, 6.45) is 0. The Labute approximate surface area is 578 Å². The van der Waals surface area contributed by atoms with Crippen molar-refractivity contribution in [1.82, 2.24) is 39.9 Å². The fourth-order valence-corrected chi connectivity index (χ4v) is 12.1. The minimum absolute atomic E-state index is 0.669. The Kier molecular flexibility index (Phi) is 19.3. The van der Waals surface area contributed by atoms with E-state index < -0.39 is 0 Å².